The smallest absolute Gasteiger partial charge is 0.320 e. The summed E-state index contributed by atoms with van der Waals surface area (Å²) in [6, 6.07) is 7.92. The average Bonchev–Trinajstić information content (AvgIpc) is 2.78. The number of aliphatic carboxylic acids is 2. The summed E-state index contributed by atoms with van der Waals surface area (Å²) < 4.78 is 0. The van der Waals surface area contributed by atoms with E-state index in [1.165, 1.54) is 11.1 Å². The number of nitrogens with zero attached hydrogens (tertiary/aromatic N) is 3. The maximum absolute atomic E-state index is 12.2. The standard InChI is InChI=1S/C26H41N3O4/c1-21-5-7-22(8-6-21)9-10-24(26(32)33)29-14-3-13-27-15-11-23(20-25(30)31)4-2-12-28(17-16-27)18-19-29/h5-8,23-24H,2-4,9-20H2,1H3,(H,30,31)(H,32,33). The maximum atomic E-state index is 12.2. The van der Waals surface area contributed by atoms with Gasteiger partial charge in [-0.05, 0) is 76.6 Å². The lowest BCUT2D eigenvalue weighted by Crippen LogP contribution is -2.49. The molecule has 2 aliphatic heterocycles. The number of carbonyl (C=O) groups is 2. The Hall–Kier alpha value is -1.96. The van der Waals surface area contributed by atoms with Crippen molar-refractivity contribution in [3.8, 4) is 0 Å². The molecule has 0 amide bonds. The summed E-state index contributed by atoms with van der Waals surface area (Å²) in [6.45, 7) is 9.32. The fourth-order valence-electron chi connectivity index (χ4n) is 5.23. The monoisotopic (exact) mass is 459 g/mol. The molecule has 2 saturated heterocycles. The van der Waals surface area contributed by atoms with Crippen LogP contribution < -0.4 is 0 Å². The fourth-order valence-corrected chi connectivity index (χ4v) is 5.23. The van der Waals surface area contributed by atoms with Crippen LogP contribution in [0.3, 0.4) is 0 Å². The highest BCUT2D eigenvalue weighted by molar-refractivity contribution is 5.73. The van der Waals surface area contributed by atoms with Crippen LogP contribution in [0.25, 0.3) is 0 Å². The molecule has 2 aliphatic rings. The minimum atomic E-state index is -0.722. The molecule has 1 aromatic carbocycles. The van der Waals surface area contributed by atoms with Crippen molar-refractivity contribution in [1.29, 1.82) is 0 Å². The highest BCUT2D eigenvalue weighted by Crippen LogP contribution is 2.20. The molecule has 0 saturated carbocycles. The molecule has 0 aliphatic carbocycles. The first-order chi connectivity index (χ1) is 15.9. The van der Waals surface area contributed by atoms with E-state index in [0.29, 0.717) is 6.42 Å². The van der Waals surface area contributed by atoms with Crippen LogP contribution in [0, 0.1) is 12.8 Å². The molecule has 0 spiro atoms. The second-order valence-corrected chi connectivity index (χ2v) is 9.85. The predicted octanol–water partition coefficient (Wildman–Crippen LogP) is 2.97. The van der Waals surface area contributed by atoms with E-state index in [4.69, 9.17) is 0 Å². The van der Waals surface area contributed by atoms with Gasteiger partial charge in [0.05, 0.1) is 0 Å². The summed E-state index contributed by atoms with van der Waals surface area (Å²) in [4.78, 5) is 30.6. The van der Waals surface area contributed by atoms with E-state index in [1.807, 2.05) is 0 Å². The van der Waals surface area contributed by atoms with Gasteiger partial charge in [0.25, 0.3) is 0 Å². The molecule has 4 unspecified atom stereocenters. The molecular formula is C26H41N3O4. The number of benzene rings is 1. The van der Waals surface area contributed by atoms with Gasteiger partial charge in [0.1, 0.15) is 6.04 Å². The van der Waals surface area contributed by atoms with Gasteiger partial charge in [-0.2, -0.15) is 0 Å². The molecule has 4 atom stereocenters. The molecule has 0 radical (unpaired) electrons. The molecule has 2 fully saturated rings. The van der Waals surface area contributed by atoms with Gasteiger partial charge in [-0.25, -0.2) is 0 Å². The molecule has 7 heteroatoms. The van der Waals surface area contributed by atoms with E-state index in [-0.39, 0.29) is 12.3 Å². The number of carboxylic acids is 2. The summed E-state index contributed by atoms with van der Waals surface area (Å²) >= 11 is 0. The highest BCUT2D eigenvalue weighted by atomic mass is 16.4. The van der Waals surface area contributed by atoms with Crippen LogP contribution in [-0.4, -0.2) is 95.3 Å². The first-order valence-corrected chi connectivity index (χ1v) is 12.6. The van der Waals surface area contributed by atoms with E-state index in [9.17, 15) is 19.8 Å². The number of fused-ring (bicyclic) bond motifs is 3. The van der Waals surface area contributed by atoms with Gasteiger partial charge in [0, 0.05) is 39.1 Å². The Morgan fingerprint density at radius 1 is 0.879 bits per heavy atom. The zero-order chi connectivity index (χ0) is 23.6. The second-order valence-electron chi connectivity index (χ2n) is 9.85. The zero-order valence-corrected chi connectivity index (χ0v) is 20.1. The first-order valence-electron chi connectivity index (χ1n) is 12.6. The Morgan fingerprint density at radius 2 is 1.55 bits per heavy atom. The summed E-state index contributed by atoms with van der Waals surface area (Å²) in [5.74, 6) is -1.16. The lowest BCUT2D eigenvalue weighted by molar-refractivity contribution is -0.144. The van der Waals surface area contributed by atoms with Crippen molar-refractivity contribution in [2.75, 3.05) is 52.4 Å². The summed E-state index contributed by atoms with van der Waals surface area (Å²) in [5, 5.41) is 19.3. The SMILES string of the molecule is Cc1ccc(CCC(C(=O)O)N2CCCN3CCC(CC(=O)O)CCCN(CC3)CC2)cc1. The lowest BCUT2D eigenvalue weighted by atomic mass is 9.94. The summed E-state index contributed by atoms with van der Waals surface area (Å²) in [5.41, 5.74) is 2.41. The van der Waals surface area contributed by atoms with Crippen molar-refractivity contribution in [1.82, 2.24) is 14.7 Å². The van der Waals surface area contributed by atoms with Gasteiger partial charge in [-0.15, -0.1) is 0 Å². The van der Waals surface area contributed by atoms with Gasteiger partial charge in [-0.1, -0.05) is 29.8 Å². The third-order valence-corrected chi connectivity index (χ3v) is 7.31. The molecule has 2 heterocycles. The van der Waals surface area contributed by atoms with Gasteiger partial charge in [-0.3, -0.25) is 14.5 Å². The molecule has 3 rings (SSSR count). The molecule has 2 bridgehead atoms. The summed E-state index contributed by atoms with van der Waals surface area (Å²) in [7, 11) is 0. The van der Waals surface area contributed by atoms with Crippen LogP contribution in [0.15, 0.2) is 24.3 Å². The van der Waals surface area contributed by atoms with Crippen LogP contribution >= 0.6 is 0 Å². The van der Waals surface area contributed by atoms with Crippen molar-refractivity contribution >= 4 is 11.9 Å². The fraction of sp³-hybridized carbons (Fsp3) is 0.692. The van der Waals surface area contributed by atoms with Crippen molar-refractivity contribution in [2.24, 2.45) is 5.92 Å². The van der Waals surface area contributed by atoms with E-state index >= 15 is 0 Å². The van der Waals surface area contributed by atoms with Gasteiger partial charge >= 0.3 is 11.9 Å². The Kier molecular flexibility index (Phi) is 10.2. The van der Waals surface area contributed by atoms with Crippen molar-refractivity contribution < 1.29 is 19.8 Å². The molecule has 7 nitrogen and oxygen atoms in total. The van der Waals surface area contributed by atoms with Gasteiger partial charge in [0.2, 0.25) is 0 Å². The van der Waals surface area contributed by atoms with Crippen LogP contribution in [-0.2, 0) is 16.0 Å². The molecular weight excluding hydrogens is 418 g/mol. The van der Waals surface area contributed by atoms with Gasteiger partial charge < -0.3 is 20.0 Å². The average molecular weight is 460 g/mol. The molecule has 184 valence electrons. The van der Waals surface area contributed by atoms with Gasteiger partial charge in [0.15, 0.2) is 0 Å². The molecule has 33 heavy (non-hydrogen) atoms. The van der Waals surface area contributed by atoms with Crippen molar-refractivity contribution in [3.63, 3.8) is 0 Å². The third kappa shape index (κ3) is 8.72. The number of aryl methyl sites for hydroxylation is 2. The van der Waals surface area contributed by atoms with E-state index in [2.05, 4.69) is 45.9 Å². The number of carboxylic acid groups (broad SMARTS) is 2. The highest BCUT2D eigenvalue weighted by Gasteiger charge is 2.27. The van der Waals surface area contributed by atoms with Crippen LogP contribution in [0.4, 0.5) is 0 Å². The third-order valence-electron chi connectivity index (χ3n) is 7.31. The minimum Gasteiger partial charge on any atom is -0.481 e. The molecule has 2 N–H and O–H groups in total. The zero-order valence-electron chi connectivity index (χ0n) is 20.1. The van der Waals surface area contributed by atoms with Crippen LogP contribution in [0.1, 0.15) is 49.7 Å². The number of rotatable bonds is 7. The Labute approximate surface area is 198 Å². The minimum absolute atomic E-state index is 0.252. The number of hydrogen-bond donors (Lipinski definition) is 2. The summed E-state index contributed by atoms with van der Waals surface area (Å²) in [6.07, 6.45) is 5.50. The topological polar surface area (TPSA) is 84.3 Å². The van der Waals surface area contributed by atoms with E-state index in [0.717, 1.165) is 84.5 Å². The van der Waals surface area contributed by atoms with Crippen LogP contribution in [0.5, 0.6) is 0 Å². The normalized spacial score (nSPS) is 26.4. The number of hydrogen-bond acceptors (Lipinski definition) is 5. The van der Waals surface area contributed by atoms with Crippen molar-refractivity contribution in [3.05, 3.63) is 35.4 Å². The molecule has 1 aromatic rings. The largest absolute Gasteiger partial charge is 0.481 e. The Balaban J connectivity index is 1.63. The first kappa shape index (κ1) is 25.7. The molecule has 0 aromatic heterocycles. The maximum Gasteiger partial charge on any atom is 0.320 e. The quantitative estimate of drug-likeness (QED) is 0.648. The lowest BCUT2D eigenvalue weighted by Gasteiger charge is -2.36. The van der Waals surface area contributed by atoms with Crippen LogP contribution in [0.2, 0.25) is 0 Å². The van der Waals surface area contributed by atoms with Crippen molar-refractivity contribution in [2.45, 2.75) is 57.9 Å². The van der Waals surface area contributed by atoms with E-state index in [1.54, 1.807) is 0 Å². The second kappa shape index (κ2) is 13.1. The Morgan fingerprint density at radius 3 is 2.24 bits per heavy atom. The predicted molar refractivity (Wildman–Crippen MR) is 130 cm³/mol. The Bertz CT molecular complexity index is 754. The van der Waals surface area contributed by atoms with E-state index < -0.39 is 18.0 Å².